The Balaban J connectivity index is 1.25. The summed E-state index contributed by atoms with van der Waals surface area (Å²) >= 11 is 0. The second-order valence-electron chi connectivity index (χ2n) is 14.6. The Hall–Kier alpha value is -3.55. The zero-order chi connectivity index (χ0) is 31.8. The number of rotatable bonds is 10. The molecular weight excluding hydrogens is 562 g/mol. The van der Waals surface area contributed by atoms with Gasteiger partial charge in [0, 0.05) is 54.6 Å². The van der Waals surface area contributed by atoms with Crippen molar-refractivity contribution in [2.75, 3.05) is 18.6 Å². The molecule has 0 unspecified atom stereocenters. The van der Waals surface area contributed by atoms with Crippen LogP contribution in [0.3, 0.4) is 0 Å². The van der Waals surface area contributed by atoms with Crippen LogP contribution in [0.1, 0.15) is 109 Å². The molecule has 240 valence electrons. The summed E-state index contributed by atoms with van der Waals surface area (Å²) in [5.74, 6) is 2.26. The minimum absolute atomic E-state index is 0.0293. The van der Waals surface area contributed by atoms with Crippen LogP contribution in [0, 0.1) is 24.2 Å². The second-order valence-corrected chi connectivity index (χ2v) is 14.6. The number of anilines is 1. The number of carbonyl (C=O) groups excluding carboxylic acids is 2. The highest BCUT2D eigenvalue weighted by atomic mass is 16.5. The number of aromatic nitrogens is 4. The lowest BCUT2D eigenvalue weighted by Gasteiger charge is -2.55. The van der Waals surface area contributed by atoms with Crippen LogP contribution in [0.15, 0.2) is 43.0 Å². The fourth-order valence-corrected chi connectivity index (χ4v) is 8.36. The van der Waals surface area contributed by atoms with Crippen LogP contribution in [-0.2, 0) is 15.0 Å². The van der Waals surface area contributed by atoms with Gasteiger partial charge in [-0.3, -0.25) is 14.4 Å². The van der Waals surface area contributed by atoms with Crippen molar-refractivity contribution in [2.24, 2.45) is 17.3 Å². The highest BCUT2D eigenvalue weighted by molar-refractivity contribution is 5.95. The van der Waals surface area contributed by atoms with Crippen LogP contribution in [0.4, 0.5) is 5.82 Å². The van der Waals surface area contributed by atoms with E-state index in [2.05, 4.69) is 49.2 Å². The third-order valence-corrected chi connectivity index (χ3v) is 11.3. The Bertz CT molecular complexity index is 1510. The molecule has 1 amide bonds. The van der Waals surface area contributed by atoms with E-state index in [9.17, 15) is 9.59 Å². The van der Waals surface area contributed by atoms with Crippen molar-refractivity contribution in [3.63, 3.8) is 0 Å². The topological polar surface area (TPSA) is 90.2 Å². The summed E-state index contributed by atoms with van der Waals surface area (Å²) in [4.78, 5) is 37.7. The molecule has 8 nitrogen and oxygen atoms in total. The SMILES string of the molecule is COc1ncc(C23CCC(CN(C(=O)C4CCC(CC(C)=O)CC4)c4cc(-c5cnn(C(C)C)c5)ccn4)(CC2)CC3)cc1C. The molecule has 4 aliphatic carbocycles. The number of fused-ring (bicyclic) bond motifs is 3. The number of hydrogen-bond donors (Lipinski definition) is 0. The van der Waals surface area contributed by atoms with Gasteiger partial charge < -0.3 is 9.53 Å². The van der Waals surface area contributed by atoms with E-state index in [4.69, 9.17) is 9.72 Å². The highest BCUT2D eigenvalue weighted by Gasteiger charge is 2.51. The van der Waals surface area contributed by atoms with Crippen LogP contribution in [-0.4, -0.2) is 45.1 Å². The Labute approximate surface area is 268 Å². The molecule has 0 radical (unpaired) electrons. The van der Waals surface area contributed by atoms with E-state index < -0.39 is 0 Å². The van der Waals surface area contributed by atoms with Gasteiger partial charge in [-0.2, -0.15) is 5.10 Å². The summed E-state index contributed by atoms with van der Waals surface area (Å²) in [6.07, 6.45) is 18.6. The molecule has 0 atom stereocenters. The standard InChI is InChI=1S/C37H49N5O3/c1-25(2)42-23-31(21-40-42)30-10-17-38-33(20-30)41(35(44)29-8-6-28(7-9-29)19-27(4)43)24-36-11-14-37(15-12-36,16-13-36)32-18-26(3)34(45-5)39-22-32/h10,17-18,20-23,25,28-29H,6-9,11-16,19,24H2,1-5H3. The van der Waals surface area contributed by atoms with Gasteiger partial charge in [0.2, 0.25) is 11.8 Å². The van der Waals surface area contributed by atoms with Gasteiger partial charge in [-0.15, -0.1) is 0 Å². The first kappa shape index (κ1) is 31.4. The molecule has 0 saturated heterocycles. The molecule has 0 N–H and O–H groups in total. The summed E-state index contributed by atoms with van der Waals surface area (Å²) in [7, 11) is 1.68. The van der Waals surface area contributed by atoms with Gasteiger partial charge >= 0.3 is 0 Å². The van der Waals surface area contributed by atoms with Crippen molar-refractivity contribution in [3.8, 4) is 17.0 Å². The predicted octanol–water partition coefficient (Wildman–Crippen LogP) is 7.65. The number of amides is 1. The fraction of sp³-hybridized carbons (Fsp3) is 0.595. The number of ketones is 1. The summed E-state index contributed by atoms with van der Waals surface area (Å²) in [6, 6.07) is 6.65. The zero-order valence-electron chi connectivity index (χ0n) is 27.7. The average molecular weight is 612 g/mol. The molecule has 4 fully saturated rings. The minimum atomic E-state index is -0.0293. The smallest absolute Gasteiger partial charge is 0.231 e. The summed E-state index contributed by atoms with van der Waals surface area (Å²) in [6.45, 7) is 8.70. The van der Waals surface area contributed by atoms with Gasteiger partial charge in [0.25, 0.3) is 0 Å². The summed E-state index contributed by atoms with van der Waals surface area (Å²) < 4.78 is 7.40. The Kier molecular flexibility index (Phi) is 8.86. The van der Waals surface area contributed by atoms with Gasteiger partial charge in [0.05, 0.1) is 13.3 Å². The first-order valence-electron chi connectivity index (χ1n) is 16.9. The van der Waals surface area contributed by atoms with Crippen LogP contribution in [0.2, 0.25) is 0 Å². The number of ether oxygens (including phenoxy) is 1. The lowest BCUT2D eigenvalue weighted by molar-refractivity contribution is -0.124. The van der Waals surface area contributed by atoms with Crippen LogP contribution >= 0.6 is 0 Å². The minimum Gasteiger partial charge on any atom is -0.481 e. The molecule has 2 bridgehead atoms. The quantitative estimate of drug-likeness (QED) is 0.234. The number of nitrogens with zero attached hydrogens (tertiary/aromatic N) is 5. The average Bonchev–Trinajstić information content (AvgIpc) is 3.56. The number of aryl methyl sites for hydroxylation is 1. The third-order valence-electron chi connectivity index (χ3n) is 11.3. The van der Waals surface area contributed by atoms with Gasteiger partial charge in [-0.25, -0.2) is 9.97 Å². The molecule has 4 aliphatic rings. The number of Topliss-reactive ketones (excluding diaryl/α,β-unsaturated/α-hetero) is 1. The molecular formula is C37H49N5O3. The van der Waals surface area contributed by atoms with Gasteiger partial charge in [-0.05, 0) is 138 Å². The lowest BCUT2D eigenvalue weighted by atomic mass is 9.52. The van der Waals surface area contributed by atoms with E-state index in [-0.39, 0.29) is 34.5 Å². The van der Waals surface area contributed by atoms with E-state index >= 15 is 0 Å². The largest absolute Gasteiger partial charge is 0.481 e. The van der Waals surface area contributed by atoms with Gasteiger partial charge in [-0.1, -0.05) is 0 Å². The van der Waals surface area contributed by atoms with Crippen LogP contribution in [0.5, 0.6) is 5.88 Å². The maximum Gasteiger partial charge on any atom is 0.231 e. The zero-order valence-corrected chi connectivity index (χ0v) is 27.7. The van der Waals surface area contributed by atoms with E-state index in [1.165, 1.54) is 5.56 Å². The molecule has 3 heterocycles. The highest BCUT2D eigenvalue weighted by Crippen LogP contribution is 2.58. The lowest BCUT2D eigenvalue weighted by Crippen LogP contribution is -2.52. The molecule has 0 aliphatic heterocycles. The normalized spacial score (nSPS) is 26.2. The van der Waals surface area contributed by atoms with E-state index in [0.29, 0.717) is 24.8 Å². The number of carbonyl (C=O) groups is 2. The van der Waals surface area contributed by atoms with Crippen molar-refractivity contribution in [1.29, 1.82) is 0 Å². The number of methoxy groups -OCH3 is 1. The maximum atomic E-state index is 14.5. The molecule has 3 aromatic rings. The second kappa shape index (κ2) is 12.7. The molecule has 3 aromatic heterocycles. The monoisotopic (exact) mass is 611 g/mol. The summed E-state index contributed by atoms with van der Waals surface area (Å²) in [5.41, 5.74) is 4.72. The van der Waals surface area contributed by atoms with Gasteiger partial charge in [0.15, 0.2) is 0 Å². The van der Waals surface area contributed by atoms with Crippen molar-refractivity contribution < 1.29 is 14.3 Å². The van der Waals surface area contributed by atoms with Gasteiger partial charge in [0.1, 0.15) is 11.6 Å². The molecule has 4 saturated carbocycles. The number of hydrogen-bond acceptors (Lipinski definition) is 6. The molecule has 8 heteroatoms. The first-order chi connectivity index (χ1) is 21.6. The molecule has 45 heavy (non-hydrogen) atoms. The maximum absolute atomic E-state index is 14.5. The van der Waals surface area contributed by atoms with E-state index in [1.54, 1.807) is 14.0 Å². The Morgan fingerprint density at radius 2 is 1.71 bits per heavy atom. The summed E-state index contributed by atoms with van der Waals surface area (Å²) in [5, 5.41) is 4.55. The van der Waals surface area contributed by atoms with E-state index in [0.717, 1.165) is 86.7 Å². The fourth-order valence-electron chi connectivity index (χ4n) is 8.36. The Morgan fingerprint density at radius 3 is 2.31 bits per heavy atom. The number of pyridine rings is 2. The van der Waals surface area contributed by atoms with Crippen molar-refractivity contribution in [1.82, 2.24) is 19.7 Å². The third kappa shape index (κ3) is 6.43. The van der Waals surface area contributed by atoms with Crippen molar-refractivity contribution >= 4 is 17.5 Å². The molecule has 7 rings (SSSR count). The first-order valence-corrected chi connectivity index (χ1v) is 16.9. The Morgan fingerprint density at radius 1 is 1.00 bits per heavy atom. The van der Waals surface area contributed by atoms with E-state index in [1.807, 2.05) is 34.2 Å². The van der Waals surface area contributed by atoms with Crippen LogP contribution in [0.25, 0.3) is 11.1 Å². The molecule has 0 spiro atoms. The predicted molar refractivity (Wildman–Crippen MR) is 176 cm³/mol. The van der Waals surface area contributed by atoms with Crippen molar-refractivity contribution in [3.05, 3.63) is 54.1 Å². The molecule has 0 aromatic carbocycles. The van der Waals surface area contributed by atoms with Crippen LogP contribution < -0.4 is 9.64 Å². The van der Waals surface area contributed by atoms with Crippen molar-refractivity contribution in [2.45, 2.75) is 110 Å².